The van der Waals surface area contributed by atoms with Crippen molar-refractivity contribution in [1.29, 1.82) is 0 Å². The Morgan fingerprint density at radius 2 is 1.88 bits per heavy atom. The normalized spacial score (nSPS) is 19.1. The minimum atomic E-state index is -0.158. The van der Waals surface area contributed by atoms with Crippen LogP contribution in [0.2, 0.25) is 0 Å². The predicted octanol–water partition coefficient (Wildman–Crippen LogP) is 5.39. The van der Waals surface area contributed by atoms with Crippen LogP contribution in [0.15, 0.2) is 36.4 Å². The molecule has 1 atom stereocenters. The Hall–Kier alpha value is -3.23. The molecule has 0 radical (unpaired) electrons. The van der Waals surface area contributed by atoms with Crippen molar-refractivity contribution in [2.24, 2.45) is 5.41 Å². The highest BCUT2D eigenvalue weighted by Gasteiger charge is 2.47. The smallest absolute Gasteiger partial charge is 0.306 e. The average Bonchev–Trinajstić information content (AvgIpc) is 3.53. The number of carbonyl (C=O) groups is 1. The molecule has 43 heavy (non-hydrogen) atoms. The van der Waals surface area contributed by atoms with Gasteiger partial charge in [0.25, 0.3) is 0 Å². The lowest BCUT2D eigenvalue weighted by molar-refractivity contribution is -0.141. The first-order chi connectivity index (χ1) is 20.5. The third-order valence-corrected chi connectivity index (χ3v) is 9.62. The summed E-state index contributed by atoms with van der Waals surface area (Å²) in [5.74, 6) is 0.970. The number of methoxy groups -OCH3 is 1. The van der Waals surface area contributed by atoms with Gasteiger partial charge in [-0.1, -0.05) is 32.9 Å². The maximum atomic E-state index is 12.7. The Balaban J connectivity index is 1.17. The molecule has 1 aromatic carbocycles. The molecule has 0 saturated carbocycles. The molecule has 230 valence electrons. The molecule has 0 unspecified atom stereocenters. The molecule has 8 nitrogen and oxygen atoms in total. The molecule has 0 aliphatic carbocycles. The van der Waals surface area contributed by atoms with Crippen LogP contribution in [0.25, 0.3) is 5.69 Å². The van der Waals surface area contributed by atoms with Crippen LogP contribution < -0.4 is 5.32 Å². The first-order valence-electron chi connectivity index (χ1n) is 15.9. The summed E-state index contributed by atoms with van der Waals surface area (Å²) >= 11 is 0. The Kier molecular flexibility index (Phi) is 8.11. The number of likely N-dealkylation sites (tertiary alicyclic amines) is 2. The second kappa shape index (κ2) is 11.7. The van der Waals surface area contributed by atoms with E-state index in [4.69, 9.17) is 14.8 Å². The summed E-state index contributed by atoms with van der Waals surface area (Å²) in [6, 6.07) is 13.4. The highest BCUT2D eigenvalue weighted by Crippen LogP contribution is 2.41. The number of hydrogen-bond acceptors (Lipinski definition) is 7. The number of fused-ring (bicyclic) bond motifs is 1. The van der Waals surface area contributed by atoms with E-state index in [0.29, 0.717) is 11.8 Å². The van der Waals surface area contributed by atoms with Gasteiger partial charge in [0.15, 0.2) is 0 Å². The average molecular weight is 585 g/mol. The minimum Gasteiger partial charge on any atom is -0.469 e. The number of nitrogens with one attached hydrogen (secondary N) is 1. The number of benzene rings is 1. The standard InChI is InChI=1S/C35H48N6O2/c1-24-14-25(2)41(38-24)31-16-27(15-29(18-31)34(3,4)5)28(17-32(42)43-6)19-39-13-11-35(21-39)22-40(23-35)20-30-10-9-26-8-7-12-36-33(26)37-30/h9-10,14-16,18,28H,7-8,11-13,17,19-23H2,1-6H3,(H,36,37)/t28-/m1/s1. The Labute approximate surface area is 256 Å². The molecule has 8 heteroatoms. The first-order valence-corrected chi connectivity index (χ1v) is 15.9. The lowest BCUT2D eigenvalue weighted by atomic mass is 9.79. The van der Waals surface area contributed by atoms with Crippen LogP contribution in [0.1, 0.15) is 79.7 Å². The number of rotatable bonds is 8. The number of nitrogens with zero attached hydrogens (tertiary/aromatic N) is 5. The molecule has 3 aromatic rings. The fourth-order valence-electron chi connectivity index (χ4n) is 7.34. The quantitative estimate of drug-likeness (QED) is 0.356. The van der Waals surface area contributed by atoms with E-state index in [9.17, 15) is 4.79 Å². The van der Waals surface area contributed by atoms with Crippen LogP contribution >= 0.6 is 0 Å². The fraction of sp³-hybridized carbons (Fsp3) is 0.571. The summed E-state index contributed by atoms with van der Waals surface area (Å²) in [4.78, 5) is 22.7. The second-order valence-electron chi connectivity index (χ2n) is 14.4. The van der Waals surface area contributed by atoms with E-state index in [-0.39, 0.29) is 17.3 Å². The highest BCUT2D eigenvalue weighted by molar-refractivity contribution is 5.70. The van der Waals surface area contributed by atoms with Crippen LogP contribution in [-0.4, -0.2) is 76.9 Å². The van der Waals surface area contributed by atoms with E-state index in [1.807, 2.05) is 11.6 Å². The molecule has 0 bridgehead atoms. The van der Waals surface area contributed by atoms with Crippen molar-refractivity contribution in [1.82, 2.24) is 24.6 Å². The summed E-state index contributed by atoms with van der Waals surface area (Å²) in [6.07, 6.45) is 3.88. The molecule has 2 fully saturated rings. The second-order valence-corrected chi connectivity index (χ2v) is 14.4. The first kappa shape index (κ1) is 29.8. The summed E-state index contributed by atoms with van der Waals surface area (Å²) in [5.41, 5.74) is 8.41. The summed E-state index contributed by atoms with van der Waals surface area (Å²) in [7, 11) is 1.49. The van der Waals surface area contributed by atoms with E-state index in [1.165, 1.54) is 36.6 Å². The summed E-state index contributed by atoms with van der Waals surface area (Å²) in [5, 5.41) is 8.25. The monoisotopic (exact) mass is 584 g/mol. The third kappa shape index (κ3) is 6.50. The van der Waals surface area contributed by atoms with E-state index >= 15 is 0 Å². The molecule has 2 aromatic heterocycles. The van der Waals surface area contributed by atoms with Crippen molar-refractivity contribution in [2.75, 3.05) is 51.7 Å². The van der Waals surface area contributed by atoms with E-state index in [1.54, 1.807) is 0 Å². The van der Waals surface area contributed by atoms with Crippen molar-refractivity contribution in [3.63, 3.8) is 0 Å². The maximum Gasteiger partial charge on any atom is 0.306 e. The van der Waals surface area contributed by atoms with Crippen LogP contribution in [0.3, 0.4) is 0 Å². The van der Waals surface area contributed by atoms with Gasteiger partial charge in [-0.25, -0.2) is 9.67 Å². The van der Waals surface area contributed by atoms with Gasteiger partial charge >= 0.3 is 5.97 Å². The fourth-order valence-corrected chi connectivity index (χ4v) is 7.34. The summed E-state index contributed by atoms with van der Waals surface area (Å²) in [6.45, 7) is 18.0. The number of aryl methyl sites for hydroxylation is 3. The lowest BCUT2D eigenvalue weighted by Gasteiger charge is -2.48. The van der Waals surface area contributed by atoms with Gasteiger partial charge in [0.1, 0.15) is 5.82 Å². The van der Waals surface area contributed by atoms with Crippen molar-refractivity contribution < 1.29 is 9.53 Å². The van der Waals surface area contributed by atoms with Crippen LogP contribution in [0, 0.1) is 19.3 Å². The molecular formula is C35H48N6O2. The zero-order chi connectivity index (χ0) is 30.4. The molecule has 6 rings (SSSR count). The van der Waals surface area contributed by atoms with Gasteiger partial charge in [-0.15, -0.1) is 0 Å². The lowest BCUT2D eigenvalue weighted by Crippen LogP contribution is -2.57. The minimum absolute atomic E-state index is 0.0350. The van der Waals surface area contributed by atoms with Gasteiger partial charge in [-0.2, -0.15) is 5.10 Å². The maximum absolute atomic E-state index is 12.7. The number of esters is 1. The number of ether oxygens (including phenoxy) is 1. The number of anilines is 1. The molecule has 5 heterocycles. The Morgan fingerprint density at radius 3 is 2.60 bits per heavy atom. The van der Waals surface area contributed by atoms with E-state index < -0.39 is 0 Å². The summed E-state index contributed by atoms with van der Waals surface area (Å²) < 4.78 is 7.22. The van der Waals surface area contributed by atoms with E-state index in [0.717, 1.165) is 80.8 Å². The van der Waals surface area contributed by atoms with Crippen LogP contribution in [0.4, 0.5) is 5.82 Å². The molecule has 0 amide bonds. The van der Waals surface area contributed by atoms with Gasteiger partial charge in [-0.3, -0.25) is 9.69 Å². The van der Waals surface area contributed by atoms with Gasteiger partial charge in [0, 0.05) is 56.3 Å². The molecule has 1 spiro atoms. The van der Waals surface area contributed by atoms with Gasteiger partial charge in [0.2, 0.25) is 0 Å². The van der Waals surface area contributed by atoms with Crippen molar-refractivity contribution in [3.8, 4) is 5.69 Å². The number of carbonyl (C=O) groups excluding carboxylic acids is 1. The van der Waals surface area contributed by atoms with Crippen LogP contribution in [-0.2, 0) is 27.9 Å². The topological polar surface area (TPSA) is 75.5 Å². The van der Waals surface area contributed by atoms with E-state index in [2.05, 4.69) is 79.2 Å². The predicted molar refractivity (Wildman–Crippen MR) is 171 cm³/mol. The number of pyridine rings is 1. The van der Waals surface area contributed by atoms with Crippen LogP contribution in [0.5, 0.6) is 0 Å². The Morgan fingerprint density at radius 1 is 1.09 bits per heavy atom. The molecule has 2 saturated heterocycles. The van der Waals surface area contributed by atoms with Gasteiger partial charge < -0.3 is 15.0 Å². The zero-order valence-corrected chi connectivity index (χ0v) is 26.9. The number of aromatic nitrogens is 3. The SMILES string of the molecule is COC(=O)C[C@H](CN1CCC2(C1)CN(Cc1ccc3c(n1)NCCC3)C2)c1cc(-n2nc(C)cc2C)cc(C(C)(C)C)c1. The van der Waals surface area contributed by atoms with Gasteiger partial charge in [0.05, 0.1) is 30.6 Å². The highest BCUT2D eigenvalue weighted by atomic mass is 16.5. The molecular weight excluding hydrogens is 536 g/mol. The third-order valence-electron chi connectivity index (χ3n) is 9.62. The largest absolute Gasteiger partial charge is 0.469 e. The van der Waals surface area contributed by atoms with Crippen molar-refractivity contribution >= 4 is 11.8 Å². The Bertz CT molecular complexity index is 1480. The molecule has 3 aliphatic heterocycles. The van der Waals surface area contributed by atoms with Crippen molar-refractivity contribution in [2.45, 2.75) is 78.2 Å². The number of hydrogen-bond donors (Lipinski definition) is 1. The zero-order valence-electron chi connectivity index (χ0n) is 26.9. The van der Waals surface area contributed by atoms with Gasteiger partial charge in [-0.05, 0) is 86.0 Å². The molecule has 3 aliphatic rings. The molecule has 1 N–H and O–H groups in total. The van der Waals surface area contributed by atoms with Crippen molar-refractivity contribution in [3.05, 3.63) is 70.2 Å².